The molecular weight excluding hydrogens is 416 g/mol. The fourth-order valence-corrected chi connectivity index (χ4v) is 5.51. The van der Waals surface area contributed by atoms with Gasteiger partial charge in [-0.15, -0.1) is 0 Å². The molecule has 1 amide bonds. The summed E-state index contributed by atoms with van der Waals surface area (Å²) >= 11 is 0. The van der Waals surface area contributed by atoms with Gasteiger partial charge in [0.2, 0.25) is 10.0 Å². The molecule has 0 saturated carbocycles. The van der Waals surface area contributed by atoms with Gasteiger partial charge in [0.1, 0.15) is 0 Å². The molecule has 2 aromatic carbocycles. The van der Waals surface area contributed by atoms with Crippen LogP contribution in [0.15, 0.2) is 53.4 Å². The van der Waals surface area contributed by atoms with E-state index < -0.39 is 28.5 Å². The van der Waals surface area contributed by atoms with Crippen molar-refractivity contribution in [2.45, 2.75) is 32.1 Å². The number of rotatable bonds is 6. The summed E-state index contributed by atoms with van der Waals surface area (Å²) in [5.41, 5.74) is 1.74. The minimum atomic E-state index is -3.62. The molecule has 31 heavy (non-hydrogen) atoms. The number of hydrogen-bond donors (Lipinski definition) is 1. The van der Waals surface area contributed by atoms with E-state index in [0.717, 1.165) is 12.0 Å². The van der Waals surface area contributed by atoms with Crippen LogP contribution in [0.4, 0.5) is 5.69 Å². The standard InChI is InChI=1S/C23H28N2O5S/c1-16-12-17(2)14-25(13-16)31(28,29)20-10-8-19(9-11-20)23(27)30-15-22(26)24-21-7-5-4-6-18(21)3/h4-11,16-17H,12-15H2,1-3H3,(H,24,26). The Morgan fingerprint density at radius 1 is 1.03 bits per heavy atom. The molecule has 1 aliphatic heterocycles. The van der Waals surface area contributed by atoms with Crippen LogP contribution in [-0.2, 0) is 19.6 Å². The highest BCUT2D eigenvalue weighted by Crippen LogP contribution is 2.26. The van der Waals surface area contributed by atoms with Gasteiger partial charge in [0, 0.05) is 18.8 Å². The first-order chi connectivity index (χ1) is 14.7. The highest BCUT2D eigenvalue weighted by Gasteiger charge is 2.31. The third kappa shape index (κ3) is 5.71. The van der Waals surface area contributed by atoms with Crippen LogP contribution in [0.2, 0.25) is 0 Å². The number of aryl methyl sites for hydroxylation is 1. The maximum absolute atomic E-state index is 12.9. The molecule has 2 atom stereocenters. The Morgan fingerprint density at radius 3 is 2.26 bits per heavy atom. The molecule has 0 aromatic heterocycles. The number of nitrogens with zero attached hydrogens (tertiary/aromatic N) is 1. The van der Waals surface area contributed by atoms with E-state index in [0.29, 0.717) is 30.6 Å². The number of carbonyl (C=O) groups is 2. The molecule has 1 fully saturated rings. The van der Waals surface area contributed by atoms with Crippen molar-refractivity contribution in [2.75, 3.05) is 25.0 Å². The van der Waals surface area contributed by atoms with Crippen LogP contribution in [0.5, 0.6) is 0 Å². The molecule has 8 heteroatoms. The van der Waals surface area contributed by atoms with Crippen molar-refractivity contribution < 1.29 is 22.7 Å². The number of ether oxygens (including phenoxy) is 1. The maximum Gasteiger partial charge on any atom is 0.338 e. The molecular formula is C23H28N2O5S. The molecule has 0 aliphatic carbocycles. The summed E-state index contributed by atoms with van der Waals surface area (Å²) in [7, 11) is -3.62. The number of amides is 1. The number of hydrogen-bond acceptors (Lipinski definition) is 5. The van der Waals surface area contributed by atoms with Crippen LogP contribution in [0, 0.1) is 18.8 Å². The van der Waals surface area contributed by atoms with Crippen LogP contribution in [-0.4, -0.2) is 44.3 Å². The van der Waals surface area contributed by atoms with E-state index in [2.05, 4.69) is 5.32 Å². The topological polar surface area (TPSA) is 92.8 Å². The molecule has 1 heterocycles. The van der Waals surface area contributed by atoms with Crippen LogP contribution in [0.1, 0.15) is 36.2 Å². The smallest absolute Gasteiger partial charge is 0.338 e. The molecule has 1 N–H and O–H groups in total. The highest BCUT2D eigenvalue weighted by atomic mass is 32.2. The lowest BCUT2D eigenvalue weighted by molar-refractivity contribution is -0.119. The Balaban J connectivity index is 1.59. The highest BCUT2D eigenvalue weighted by molar-refractivity contribution is 7.89. The van der Waals surface area contributed by atoms with Crippen LogP contribution < -0.4 is 5.32 Å². The average molecular weight is 445 g/mol. The lowest BCUT2D eigenvalue weighted by Crippen LogP contribution is -2.42. The first-order valence-corrected chi connectivity index (χ1v) is 11.7. The summed E-state index contributed by atoms with van der Waals surface area (Å²) in [4.78, 5) is 24.4. The minimum Gasteiger partial charge on any atom is -0.452 e. The van der Waals surface area contributed by atoms with Crippen molar-refractivity contribution in [1.29, 1.82) is 0 Å². The minimum absolute atomic E-state index is 0.141. The monoisotopic (exact) mass is 444 g/mol. The van der Waals surface area contributed by atoms with Crippen LogP contribution in [0.25, 0.3) is 0 Å². The van der Waals surface area contributed by atoms with Crippen molar-refractivity contribution in [2.24, 2.45) is 11.8 Å². The second-order valence-electron chi connectivity index (χ2n) is 8.23. The van der Waals surface area contributed by atoms with Gasteiger partial charge < -0.3 is 10.1 Å². The van der Waals surface area contributed by atoms with Gasteiger partial charge in [-0.05, 0) is 61.1 Å². The Labute approximate surface area is 183 Å². The number of esters is 1. The maximum atomic E-state index is 12.9. The number of para-hydroxylation sites is 1. The van der Waals surface area contributed by atoms with Gasteiger partial charge in [-0.1, -0.05) is 32.0 Å². The molecule has 0 spiro atoms. The Hall–Kier alpha value is -2.71. The lowest BCUT2D eigenvalue weighted by atomic mass is 9.94. The summed E-state index contributed by atoms with van der Waals surface area (Å²) in [6, 6.07) is 12.9. The largest absolute Gasteiger partial charge is 0.452 e. The third-order valence-electron chi connectivity index (χ3n) is 5.32. The number of carbonyl (C=O) groups excluding carboxylic acids is 2. The molecule has 7 nitrogen and oxygen atoms in total. The Kier molecular flexibility index (Phi) is 7.12. The Bertz CT molecular complexity index is 1040. The third-order valence-corrected chi connectivity index (χ3v) is 7.16. The summed E-state index contributed by atoms with van der Waals surface area (Å²) in [6.07, 6.45) is 1.01. The van der Waals surface area contributed by atoms with Gasteiger partial charge in [-0.25, -0.2) is 13.2 Å². The molecule has 1 saturated heterocycles. The molecule has 2 aromatic rings. The fraction of sp³-hybridized carbons (Fsp3) is 0.391. The van der Waals surface area contributed by atoms with E-state index >= 15 is 0 Å². The fourth-order valence-electron chi connectivity index (χ4n) is 3.83. The first kappa shape index (κ1) is 23.0. The van der Waals surface area contributed by atoms with Gasteiger partial charge in [0.25, 0.3) is 5.91 Å². The summed E-state index contributed by atoms with van der Waals surface area (Å²) in [6.45, 7) is 6.51. The molecule has 0 bridgehead atoms. The van der Waals surface area contributed by atoms with E-state index in [4.69, 9.17) is 4.74 Å². The second-order valence-corrected chi connectivity index (χ2v) is 10.2. The molecule has 0 radical (unpaired) electrons. The zero-order valence-electron chi connectivity index (χ0n) is 18.0. The van der Waals surface area contributed by atoms with Gasteiger partial charge in [0.15, 0.2) is 6.61 Å². The van der Waals surface area contributed by atoms with E-state index in [1.54, 1.807) is 12.1 Å². The van der Waals surface area contributed by atoms with Gasteiger partial charge in [-0.2, -0.15) is 4.31 Å². The lowest BCUT2D eigenvalue weighted by Gasteiger charge is -2.34. The zero-order chi connectivity index (χ0) is 22.6. The van der Waals surface area contributed by atoms with Crippen molar-refractivity contribution in [1.82, 2.24) is 4.31 Å². The number of nitrogens with one attached hydrogen (secondary N) is 1. The van der Waals surface area contributed by atoms with Crippen molar-refractivity contribution >= 4 is 27.6 Å². The number of piperidine rings is 1. The molecule has 3 rings (SSSR count). The summed E-state index contributed by atoms with van der Waals surface area (Å²) in [5.74, 6) is -0.531. The average Bonchev–Trinajstić information content (AvgIpc) is 2.73. The first-order valence-electron chi connectivity index (χ1n) is 10.3. The predicted octanol–water partition coefficient (Wildman–Crippen LogP) is 3.46. The predicted molar refractivity (Wildman–Crippen MR) is 118 cm³/mol. The number of benzene rings is 2. The molecule has 1 aliphatic rings. The van der Waals surface area contributed by atoms with Crippen LogP contribution >= 0.6 is 0 Å². The van der Waals surface area contributed by atoms with Crippen molar-refractivity contribution in [3.05, 3.63) is 59.7 Å². The SMILES string of the molecule is Cc1ccccc1NC(=O)COC(=O)c1ccc(S(=O)(=O)N2CC(C)CC(C)C2)cc1. The van der Waals surface area contributed by atoms with E-state index in [-0.39, 0.29) is 10.5 Å². The summed E-state index contributed by atoms with van der Waals surface area (Å²) in [5, 5.41) is 2.69. The zero-order valence-corrected chi connectivity index (χ0v) is 18.8. The number of sulfonamides is 1. The normalized spacial score (nSPS) is 19.6. The van der Waals surface area contributed by atoms with Gasteiger partial charge in [0.05, 0.1) is 10.5 Å². The quantitative estimate of drug-likeness (QED) is 0.689. The second kappa shape index (κ2) is 9.62. The van der Waals surface area contributed by atoms with Gasteiger partial charge >= 0.3 is 5.97 Å². The van der Waals surface area contributed by atoms with Gasteiger partial charge in [-0.3, -0.25) is 4.79 Å². The summed E-state index contributed by atoms with van der Waals surface area (Å²) < 4.78 is 32.4. The molecule has 2 unspecified atom stereocenters. The Morgan fingerprint density at radius 2 is 1.65 bits per heavy atom. The van der Waals surface area contributed by atoms with E-state index in [1.165, 1.54) is 28.6 Å². The van der Waals surface area contributed by atoms with Crippen molar-refractivity contribution in [3.63, 3.8) is 0 Å². The van der Waals surface area contributed by atoms with E-state index in [9.17, 15) is 18.0 Å². The molecule has 166 valence electrons. The van der Waals surface area contributed by atoms with Crippen molar-refractivity contribution in [3.8, 4) is 0 Å². The van der Waals surface area contributed by atoms with Crippen LogP contribution in [0.3, 0.4) is 0 Å². The number of anilines is 1. The van der Waals surface area contributed by atoms with E-state index in [1.807, 2.05) is 32.9 Å².